The SMILES string of the molecule is O=c1[nH]c2ncc(C3=CC=CCC=C3)nc2[nH]1.[HH].[HH]. The van der Waals surface area contributed by atoms with Gasteiger partial charge >= 0.3 is 5.69 Å². The number of rotatable bonds is 1. The summed E-state index contributed by atoms with van der Waals surface area (Å²) in [5.74, 6) is 0. The third-order valence-corrected chi connectivity index (χ3v) is 2.51. The lowest BCUT2D eigenvalue weighted by atomic mass is 10.2. The Labute approximate surface area is 99.6 Å². The van der Waals surface area contributed by atoms with Crippen molar-refractivity contribution in [1.29, 1.82) is 0 Å². The predicted octanol–water partition coefficient (Wildman–Crippen LogP) is 2.04. The molecule has 0 aromatic carbocycles. The minimum atomic E-state index is -0.289. The highest BCUT2D eigenvalue weighted by Gasteiger charge is 2.05. The van der Waals surface area contributed by atoms with Crippen molar-refractivity contribution in [3.8, 4) is 0 Å². The summed E-state index contributed by atoms with van der Waals surface area (Å²) in [4.78, 5) is 24.8. The minimum absolute atomic E-state index is 0. The molecule has 0 saturated heterocycles. The summed E-state index contributed by atoms with van der Waals surface area (Å²) in [6.07, 6.45) is 12.7. The molecular formula is C12H14N4O. The Kier molecular flexibility index (Phi) is 2.22. The third-order valence-electron chi connectivity index (χ3n) is 2.51. The Hall–Kier alpha value is -2.43. The number of imidazole rings is 1. The van der Waals surface area contributed by atoms with Crippen molar-refractivity contribution in [2.24, 2.45) is 0 Å². The molecule has 0 aliphatic heterocycles. The van der Waals surface area contributed by atoms with E-state index >= 15 is 0 Å². The Balaban J connectivity index is 0.000000902. The zero-order chi connectivity index (χ0) is 11.7. The summed E-state index contributed by atoms with van der Waals surface area (Å²) in [7, 11) is 0. The lowest BCUT2D eigenvalue weighted by molar-refractivity contribution is 1.20. The summed E-state index contributed by atoms with van der Waals surface area (Å²) in [5, 5.41) is 0. The Bertz CT molecular complexity index is 712. The highest BCUT2D eigenvalue weighted by Crippen LogP contribution is 2.16. The van der Waals surface area contributed by atoms with E-state index in [2.05, 4.69) is 32.1 Å². The lowest BCUT2D eigenvalue weighted by Crippen LogP contribution is -1.99. The Morgan fingerprint density at radius 2 is 2.12 bits per heavy atom. The quantitative estimate of drug-likeness (QED) is 0.787. The van der Waals surface area contributed by atoms with E-state index in [9.17, 15) is 4.79 Å². The highest BCUT2D eigenvalue weighted by atomic mass is 16.1. The fraction of sp³-hybridized carbons (Fsp3) is 0.0833. The van der Waals surface area contributed by atoms with Gasteiger partial charge in [-0.2, -0.15) is 0 Å². The van der Waals surface area contributed by atoms with Gasteiger partial charge in [-0.15, -0.1) is 0 Å². The molecule has 0 atom stereocenters. The zero-order valence-electron chi connectivity index (χ0n) is 8.97. The number of aromatic amines is 2. The molecule has 0 bridgehead atoms. The molecule has 0 saturated carbocycles. The molecule has 5 heteroatoms. The standard InChI is InChI=1S/C12H10N4O.2H2/c17-12-15-10-11(16-12)14-9(7-13-10)8-5-3-1-2-4-6-8;;/h1,3-7H,2H2,(H2,13,14,15,16,17);2*1H. The van der Waals surface area contributed by atoms with Crippen LogP contribution in [0.4, 0.5) is 0 Å². The summed E-state index contributed by atoms with van der Waals surface area (Å²) in [6.45, 7) is 0. The van der Waals surface area contributed by atoms with Crippen molar-refractivity contribution in [3.63, 3.8) is 0 Å². The topological polar surface area (TPSA) is 74.4 Å². The number of nitrogens with zero attached hydrogens (tertiary/aromatic N) is 2. The van der Waals surface area contributed by atoms with E-state index in [0.29, 0.717) is 11.3 Å². The first-order chi connectivity index (χ1) is 8.33. The van der Waals surface area contributed by atoms with E-state index in [4.69, 9.17) is 0 Å². The van der Waals surface area contributed by atoms with Gasteiger partial charge in [-0.1, -0.05) is 30.4 Å². The first-order valence-corrected chi connectivity index (χ1v) is 5.32. The van der Waals surface area contributed by atoms with Gasteiger partial charge in [0.05, 0.1) is 11.9 Å². The van der Waals surface area contributed by atoms with Crippen LogP contribution in [0, 0.1) is 0 Å². The van der Waals surface area contributed by atoms with Crippen molar-refractivity contribution in [2.45, 2.75) is 6.42 Å². The molecule has 1 aliphatic rings. The largest absolute Gasteiger partial charge is 0.326 e. The van der Waals surface area contributed by atoms with Gasteiger partial charge in [0.25, 0.3) is 0 Å². The normalized spacial score (nSPS) is 14.9. The van der Waals surface area contributed by atoms with Crippen LogP contribution in [0.5, 0.6) is 0 Å². The molecule has 3 rings (SSSR count). The number of H-pyrrole nitrogens is 2. The Morgan fingerprint density at radius 1 is 1.24 bits per heavy atom. The van der Waals surface area contributed by atoms with E-state index in [-0.39, 0.29) is 8.54 Å². The molecule has 2 aromatic rings. The molecular weight excluding hydrogens is 216 g/mol. The van der Waals surface area contributed by atoms with E-state index < -0.39 is 0 Å². The molecule has 0 radical (unpaired) electrons. The Morgan fingerprint density at radius 3 is 3.06 bits per heavy atom. The molecule has 1 aliphatic carbocycles. The van der Waals surface area contributed by atoms with Gasteiger partial charge in [-0.25, -0.2) is 14.8 Å². The zero-order valence-corrected chi connectivity index (χ0v) is 8.97. The monoisotopic (exact) mass is 230 g/mol. The maximum atomic E-state index is 11.1. The smallest absolute Gasteiger partial charge is 0.289 e. The van der Waals surface area contributed by atoms with Crippen LogP contribution in [0.15, 0.2) is 41.4 Å². The second-order valence-electron chi connectivity index (χ2n) is 3.72. The minimum Gasteiger partial charge on any atom is -0.289 e. The van der Waals surface area contributed by atoms with Crippen molar-refractivity contribution in [2.75, 3.05) is 0 Å². The van der Waals surface area contributed by atoms with Gasteiger partial charge in [-0.05, 0) is 6.42 Å². The molecule has 17 heavy (non-hydrogen) atoms. The highest BCUT2D eigenvalue weighted by molar-refractivity contribution is 5.76. The molecule has 0 fully saturated rings. The van der Waals surface area contributed by atoms with Crippen LogP contribution in [0.2, 0.25) is 0 Å². The van der Waals surface area contributed by atoms with E-state index in [1.54, 1.807) is 6.20 Å². The second-order valence-corrected chi connectivity index (χ2v) is 3.72. The molecule has 0 unspecified atom stereocenters. The average Bonchev–Trinajstić information content (AvgIpc) is 2.53. The summed E-state index contributed by atoms with van der Waals surface area (Å²) in [6, 6.07) is 0. The number of fused-ring (bicyclic) bond motifs is 1. The van der Waals surface area contributed by atoms with Crippen LogP contribution in [0.25, 0.3) is 16.9 Å². The van der Waals surface area contributed by atoms with Gasteiger partial charge in [0.2, 0.25) is 0 Å². The average molecular weight is 230 g/mol. The van der Waals surface area contributed by atoms with Gasteiger partial charge in [0.15, 0.2) is 11.3 Å². The molecule has 2 aromatic heterocycles. The predicted molar refractivity (Wildman–Crippen MR) is 69.6 cm³/mol. The maximum absolute atomic E-state index is 11.1. The van der Waals surface area contributed by atoms with Gasteiger partial charge in [-0.3, -0.25) is 9.97 Å². The summed E-state index contributed by atoms with van der Waals surface area (Å²) >= 11 is 0. The van der Waals surface area contributed by atoms with Crippen LogP contribution in [0.1, 0.15) is 15.0 Å². The van der Waals surface area contributed by atoms with Crippen molar-refractivity contribution < 1.29 is 2.85 Å². The molecule has 2 N–H and O–H groups in total. The molecule has 5 nitrogen and oxygen atoms in total. The first-order valence-electron chi connectivity index (χ1n) is 5.32. The number of aromatic nitrogens is 4. The number of nitrogens with one attached hydrogen (secondary N) is 2. The van der Waals surface area contributed by atoms with Crippen molar-refractivity contribution >= 4 is 16.9 Å². The summed E-state index contributed by atoms with van der Waals surface area (Å²) < 4.78 is 0. The molecule has 0 spiro atoms. The number of allylic oxidation sites excluding steroid dienone is 6. The van der Waals surface area contributed by atoms with E-state index in [0.717, 1.165) is 17.7 Å². The third kappa shape index (κ3) is 1.82. The van der Waals surface area contributed by atoms with Crippen molar-refractivity contribution in [3.05, 3.63) is 52.8 Å². The molecule has 88 valence electrons. The van der Waals surface area contributed by atoms with Crippen LogP contribution in [-0.4, -0.2) is 19.9 Å². The fourth-order valence-electron chi connectivity index (χ4n) is 1.70. The van der Waals surface area contributed by atoms with Gasteiger partial charge in [0.1, 0.15) is 0 Å². The first kappa shape index (κ1) is 9.77. The van der Waals surface area contributed by atoms with Crippen molar-refractivity contribution in [1.82, 2.24) is 19.9 Å². The van der Waals surface area contributed by atoms with E-state index in [1.165, 1.54) is 0 Å². The maximum Gasteiger partial charge on any atom is 0.326 e. The second kappa shape index (κ2) is 3.86. The number of hydrogen-bond donors (Lipinski definition) is 2. The van der Waals surface area contributed by atoms with Crippen LogP contribution < -0.4 is 5.69 Å². The van der Waals surface area contributed by atoms with Crippen LogP contribution in [0.3, 0.4) is 0 Å². The lowest BCUT2D eigenvalue weighted by Gasteiger charge is -1.99. The fourth-order valence-corrected chi connectivity index (χ4v) is 1.70. The van der Waals surface area contributed by atoms with Crippen LogP contribution >= 0.6 is 0 Å². The van der Waals surface area contributed by atoms with Gasteiger partial charge < -0.3 is 0 Å². The number of hydrogen-bond acceptors (Lipinski definition) is 3. The van der Waals surface area contributed by atoms with Gasteiger partial charge in [0, 0.05) is 8.43 Å². The van der Waals surface area contributed by atoms with E-state index in [1.807, 2.05) is 18.2 Å². The summed E-state index contributed by atoms with van der Waals surface area (Å²) in [5.41, 5.74) is 2.40. The molecule has 2 heterocycles. The molecule has 0 amide bonds. The van der Waals surface area contributed by atoms with Crippen LogP contribution in [-0.2, 0) is 0 Å².